The van der Waals surface area contributed by atoms with Crippen LogP contribution in [0.1, 0.15) is 11.4 Å². The molecular weight excluding hydrogens is 213 g/mol. The fraction of sp³-hybridized carbons (Fsp3) is 0.375. The highest BCUT2D eigenvalue weighted by Crippen LogP contribution is 2.33. The van der Waals surface area contributed by atoms with Crippen LogP contribution in [0.3, 0.4) is 0 Å². The zero-order valence-corrected chi connectivity index (χ0v) is 7.80. The third-order valence-electron chi connectivity index (χ3n) is 1.62. The summed E-state index contributed by atoms with van der Waals surface area (Å²) < 4.78 is 39.3. The first-order valence-corrected chi connectivity index (χ1v) is 3.99. The molecule has 0 amide bonds. The highest BCUT2D eigenvalue weighted by molar-refractivity contribution is 5.42. The molecule has 1 aromatic heterocycles. The molecule has 0 spiro atoms. The van der Waals surface area contributed by atoms with Gasteiger partial charge in [0.1, 0.15) is 0 Å². The summed E-state index contributed by atoms with van der Waals surface area (Å²) >= 11 is 0. The van der Waals surface area contributed by atoms with Crippen LogP contribution in [0.4, 0.5) is 13.2 Å². The van der Waals surface area contributed by atoms with E-state index in [4.69, 9.17) is 5.73 Å². The van der Waals surface area contributed by atoms with Gasteiger partial charge in [-0.1, -0.05) is 0 Å². The second kappa shape index (κ2) is 3.93. The van der Waals surface area contributed by atoms with Crippen molar-refractivity contribution in [1.29, 1.82) is 0 Å². The van der Waals surface area contributed by atoms with Crippen molar-refractivity contribution in [1.82, 2.24) is 4.98 Å². The van der Waals surface area contributed by atoms with Crippen LogP contribution in [0.2, 0.25) is 0 Å². The minimum atomic E-state index is -4.85. The van der Waals surface area contributed by atoms with Gasteiger partial charge in [-0.3, -0.25) is 4.98 Å². The van der Waals surface area contributed by atoms with E-state index in [0.29, 0.717) is 0 Å². The summed E-state index contributed by atoms with van der Waals surface area (Å²) in [6.45, 7) is 1.33. The number of rotatable bonds is 2. The monoisotopic (exact) mass is 222 g/mol. The Bertz CT molecular complexity index is 366. The quantitative estimate of drug-likeness (QED) is 0.794. The lowest BCUT2D eigenvalue weighted by Crippen LogP contribution is -2.18. The van der Waals surface area contributed by atoms with Crippen molar-refractivity contribution < 1.29 is 23.0 Å². The molecular formula is C8H9F3N2O2. The molecule has 0 saturated heterocycles. The van der Waals surface area contributed by atoms with Crippen LogP contribution < -0.4 is 10.5 Å². The largest absolute Gasteiger partial charge is 0.573 e. The average molecular weight is 222 g/mol. The molecule has 4 nitrogen and oxygen atoms in total. The second-order valence-corrected chi connectivity index (χ2v) is 2.80. The van der Waals surface area contributed by atoms with E-state index in [-0.39, 0.29) is 17.9 Å². The van der Waals surface area contributed by atoms with E-state index in [1.54, 1.807) is 0 Å². The Hall–Kier alpha value is -1.50. The fourth-order valence-corrected chi connectivity index (χ4v) is 1.01. The standard InChI is InChI=1S/C8H9F3N2O2/c1-4-7(14)6(15-8(9,10)11)2-5(3-12)13-4/h2,14H,3,12H2,1H3. The molecule has 15 heavy (non-hydrogen) atoms. The minimum Gasteiger partial charge on any atom is -0.503 e. The van der Waals surface area contributed by atoms with Crippen LogP contribution >= 0.6 is 0 Å². The lowest BCUT2D eigenvalue weighted by Gasteiger charge is -2.12. The van der Waals surface area contributed by atoms with Crippen molar-refractivity contribution in [2.75, 3.05) is 0 Å². The minimum absolute atomic E-state index is 0.0324. The van der Waals surface area contributed by atoms with Gasteiger partial charge in [0.05, 0.1) is 11.4 Å². The lowest BCUT2D eigenvalue weighted by molar-refractivity contribution is -0.275. The first kappa shape index (κ1) is 11.6. The Morgan fingerprint density at radius 2 is 2.13 bits per heavy atom. The van der Waals surface area contributed by atoms with E-state index in [1.807, 2.05) is 0 Å². The van der Waals surface area contributed by atoms with Crippen LogP contribution in [0, 0.1) is 6.92 Å². The first-order chi connectivity index (χ1) is 6.83. The number of hydrogen-bond acceptors (Lipinski definition) is 4. The van der Waals surface area contributed by atoms with Crippen molar-refractivity contribution in [3.63, 3.8) is 0 Å². The molecule has 84 valence electrons. The Labute approximate surface area is 83.5 Å². The number of aromatic hydroxyl groups is 1. The van der Waals surface area contributed by atoms with Gasteiger partial charge in [-0.25, -0.2) is 0 Å². The molecule has 0 bridgehead atoms. The van der Waals surface area contributed by atoms with Gasteiger partial charge < -0.3 is 15.6 Å². The molecule has 0 aliphatic rings. The van der Waals surface area contributed by atoms with E-state index < -0.39 is 17.9 Å². The van der Waals surface area contributed by atoms with Crippen molar-refractivity contribution >= 4 is 0 Å². The zero-order chi connectivity index (χ0) is 11.6. The number of nitrogens with two attached hydrogens (primary N) is 1. The van der Waals surface area contributed by atoms with Crippen molar-refractivity contribution in [3.8, 4) is 11.5 Å². The van der Waals surface area contributed by atoms with Crippen LogP contribution in [0.15, 0.2) is 6.07 Å². The Kier molecular flexibility index (Phi) is 3.04. The van der Waals surface area contributed by atoms with Crippen molar-refractivity contribution in [2.45, 2.75) is 19.8 Å². The van der Waals surface area contributed by atoms with Gasteiger partial charge in [0.25, 0.3) is 0 Å². The van der Waals surface area contributed by atoms with E-state index >= 15 is 0 Å². The molecule has 0 fully saturated rings. The number of nitrogens with zero attached hydrogens (tertiary/aromatic N) is 1. The number of pyridine rings is 1. The highest BCUT2D eigenvalue weighted by Gasteiger charge is 2.32. The second-order valence-electron chi connectivity index (χ2n) is 2.80. The molecule has 1 heterocycles. The van der Waals surface area contributed by atoms with Gasteiger partial charge in [-0.15, -0.1) is 13.2 Å². The summed E-state index contributed by atoms with van der Waals surface area (Å²) in [5.74, 6) is -1.32. The summed E-state index contributed by atoms with van der Waals surface area (Å²) in [4.78, 5) is 3.76. The number of aryl methyl sites for hydroxylation is 1. The van der Waals surface area contributed by atoms with E-state index in [2.05, 4.69) is 9.72 Å². The number of aromatic nitrogens is 1. The van der Waals surface area contributed by atoms with Gasteiger partial charge in [0, 0.05) is 12.6 Å². The lowest BCUT2D eigenvalue weighted by atomic mass is 10.2. The zero-order valence-electron chi connectivity index (χ0n) is 7.80. The Morgan fingerprint density at radius 1 is 1.53 bits per heavy atom. The Balaban J connectivity index is 3.11. The topological polar surface area (TPSA) is 68.4 Å². The SMILES string of the molecule is Cc1nc(CN)cc(OC(F)(F)F)c1O. The molecule has 0 radical (unpaired) electrons. The summed E-state index contributed by atoms with van der Waals surface area (Å²) in [6, 6.07) is 0.954. The van der Waals surface area contributed by atoms with E-state index in [9.17, 15) is 18.3 Å². The summed E-state index contributed by atoms with van der Waals surface area (Å²) in [5, 5.41) is 9.25. The number of halogens is 3. The van der Waals surface area contributed by atoms with Crippen LogP contribution in [0.5, 0.6) is 11.5 Å². The summed E-state index contributed by atoms with van der Waals surface area (Å²) in [5.41, 5.74) is 5.47. The number of ether oxygens (including phenoxy) is 1. The number of alkyl halides is 3. The molecule has 1 rings (SSSR count). The third kappa shape index (κ3) is 2.98. The molecule has 3 N–H and O–H groups in total. The van der Waals surface area contributed by atoms with Gasteiger partial charge in [0.2, 0.25) is 0 Å². The molecule has 0 unspecified atom stereocenters. The molecule has 1 aromatic rings. The molecule has 0 aliphatic heterocycles. The van der Waals surface area contributed by atoms with Gasteiger partial charge in [-0.05, 0) is 6.92 Å². The molecule has 0 aliphatic carbocycles. The van der Waals surface area contributed by atoms with Crippen LogP contribution in [-0.4, -0.2) is 16.5 Å². The van der Waals surface area contributed by atoms with E-state index in [1.165, 1.54) is 6.92 Å². The van der Waals surface area contributed by atoms with Crippen LogP contribution in [0.25, 0.3) is 0 Å². The van der Waals surface area contributed by atoms with Gasteiger partial charge in [0.15, 0.2) is 11.5 Å². The van der Waals surface area contributed by atoms with Gasteiger partial charge in [-0.2, -0.15) is 0 Å². The predicted molar refractivity (Wildman–Crippen MR) is 45.2 cm³/mol. The predicted octanol–water partition coefficient (Wildman–Crippen LogP) is 1.45. The fourth-order valence-electron chi connectivity index (χ4n) is 1.01. The normalized spacial score (nSPS) is 11.5. The molecule has 7 heteroatoms. The molecule has 0 atom stereocenters. The average Bonchev–Trinajstić information content (AvgIpc) is 2.10. The van der Waals surface area contributed by atoms with E-state index in [0.717, 1.165) is 6.07 Å². The number of hydrogen-bond donors (Lipinski definition) is 2. The van der Waals surface area contributed by atoms with Crippen molar-refractivity contribution in [2.24, 2.45) is 5.73 Å². The van der Waals surface area contributed by atoms with Gasteiger partial charge >= 0.3 is 6.36 Å². The summed E-state index contributed by atoms with van der Waals surface area (Å²) in [6.07, 6.45) is -4.85. The third-order valence-corrected chi connectivity index (χ3v) is 1.62. The van der Waals surface area contributed by atoms with Crippen molar-refractivity contribution in [3.05, 3.63) is 17.5 Å². The Morgan fingerprint density at radius 3 is 2.60 bits per heavy atom. The molecule has 0 aromatic carbocycles. The first-order valence-electron chi connectivity index (χ1n) is 3.99. The van der Waals surface area contributed by atoms with Crippen LogP contribution in [-0.2, 0) is 6.54 Å². The maximum atomic E-state index is 11.9. The maximum absolute atomic E-state index is 11.9. The smallest absolute Gasteiger partial charge is 0.503 e. The maximum Gasteiger partial charge on any atom is 0.573 e. The molecule has 0 saturated carbocycles. The highest BCUT2D eigenvalue weighted by atomic mass is 19.4. The summed E-state index contributed by atoms with van der Waals surface area (Å²) in [7, 11) is 0.